The molecule has 2 aromatic heterocycles. The predicted molar refractivity (Wildman–Crippen MR) is 98.1 cm³/mol. The van der Waals surface area contributed by atoms with Gasteiger partial charge in [-0.15, -0.1) is 10.2 Å². The van der Waals surface area contributed by atoms with Gasteiger partial charge in [-0.2, -0.15) is 15.0 Å². The molecule has 3 aromatic rings. The van der Waals surface area contributed by atoms with Crippen molar-refractivity contribution in [1.82, 2.24) is 29.8 Å². The van der Waals surface area contributed by atoms with Crippen LogP contribution < -0.4 is 4.90 Å². The molecule has 0 radical (unpaired) electrons. The van der Waals surface area contributed by atoms with E-state index in [9.17, 15) is 9.90 Å². The average Bonchev–Trinajstić information content (AvgIpc) is 3.33. The van der Waals surface area contributed by atoms with Crippen LogP contribution >= 0.6 is 11.6 Å². The SMILES string of the molecule is O=C(O)C1CCN(c2nnc(Cn3nccn3)n2-c2ccc(Cl)cc2)CC1. The summed E-state index contributed by atoms with van der Waals surface area (Å²) in [4.78, 5) is 14.8. The van der Waals surface area contributed by atoms with Crippen LogP contribution in [0.1, 0.15) is 18.7 Å². The number of piperidine rings is 1. The molecular formula is C17H18ClN7O2. The van der Waals surface area contributed by atoms with Gasteiger partial charge >= 0.3 is 5.97 Å². The predicted octanol–water partition coefficient (Wildman–Crippen LogP) is 1.86. The third-order valence-electron chi connectivity index (χ3n) is 4.67. The van der Waals surface area contributed by atoms with Crippen molar-refractivity contribution in [3.8, 4) is 5.69 Å². The first-order valence-electron chi connectivity index (χ1n) is 8.64. The fourth-order valence-corrected chi connectivity index (χ4v) is 3.37. The van der Waals surface area contributed by atoms with Crippen LogP contribution in [-0.4, -0.2) is 53.9 Å². The summed E-state index contributed by atoms with van der Waals surface area (Å²) in [5, 5.41) is 26.9. The lowest BCUT2D eigenvalue weighted by Crippen LogP contribution is -2.37. The van der Waals surface area contributed by atoms with Crippen LogP contribution in [-0.2, 0) is 11.3 Å². The smallest absolute Gasteiger partial charge is 0.306 e. The highest BCUT2D eigenvalue weighted by Gasteiger charge is 2.28. The van der Waals surface area contributed by atoms with Crippen molar-refractivity contribution in [2.75, 3.05) is 18.0 Å². The van der Waals surface area contributed by atoms with Crippen molar-refractivity contribution >= 4 is 23.5 Å². The lowest BCUT2D eigenvalue weighted by molar-refractivity contribution is -0.142. The van der Waals surface area contributed by atoms with E-state index < -0.39 is 5.97 Å². The maximum atomic E-state index is 11.2. The van der Waals surface area contributed by atoms with Gasteiger partial charge in [-0.25, -0.2) is 0 Å². The van der Waals surface area contributed by atoms with Gasteiger partial charge in [0.05, 0.1) is 24.0 Å². The molecule has 0 saturated carbocycles. The van der Waals surface area contributed by atoms with E-state index in [4.69, 9.17) is 11.6 Å². The zero-order valence-electron chi connectivity index (χ0n) is 14.4. The van der Waals surface area contributed by atoms with Crippen molar-refractivity contribution in [2.45, 2.75) is 19.4 Å². The number of rotatable bonds is 5. The molecule has 140 valence electrons. The minimum absolute atomic E-state index is 0.305. The molecule has 10 heteroatoms. The summed E-state index contributed by atoms with van der Waals surface area (Å²) in [5.41, 5.74) is 0.877. The Kier molecular flexibility index (Phi) is 4.76. The molecular weight excluding hydrogens is 370 g/mol. The topological polar surface area (TPSA) is 102 Å². The van der Waals surface area contributed by atoms with E-state index in [2.05, 4.69) is 25.3 Å². The molecule has 0 unspecified atom stereocenters. The van der Waals surface area contributed by atoms with E-state index >= 15 is 0 Å². The van der Waals surface area contributed by atoms with Gasteiger partial charge in [-0.1, -0.05) is 11.6 Å². The third-order valence-corrected chi connectivity index (χ3v) is 4.93. The Bertz CT molecular complexity index is 915. The Labute approximate surface area is 160 Å². The summed E-state index contributed by atoms with van der Waals surface area (Å²) < 4.78 is 1.95. The minimum Gasteiger partial charge on any atom is -0.481 e. The van der Waals surface area contributed by atoms with Crippen molar-refractivity contribution in [3.63, 3.8) is 0 Å². The van der Waals surface area contributed by atoms with Crippen LogP contribution in [0.2, 0.25) is 5.02 Å². The van der Waals surface area contributed by atoms with Crippen LogP contribution in [0.3, 0.4) is 0 Å². The van der Waals surface area contributed by atoms with Gasteiger partial charge in [-0.3, -0.25) is 9.36 Å². The number of carboxylic acids is 1. The van der Waals surface area contributed by atoms with Gasteiger partial charge in [0.15, 0.2) is 5.82 Å². The number of anilines is 1. The maximum Gasteiger partial charge on any atom is 0.306 e. The normalized spacial score (nSPS) is 15.2. The number of aromatic nitrogens is 6. The van der Waals surface area contributed by atoms with E-state index in [1.807, 2.05) is 28.8 Å². The van der Waals surface area contributed by atoms with Crippen LogP contribution in [0.15, 0.2) is 36.7 Å². The molecule has 0 atom stereocenters. The highest BCUT2D eigenvalue weighted by molar-refractivity contribution is 6.30. The second kappa shape index (κ2) is 7.36. The van der Waals surface area contributed by atoms with Crippen LogP contribution in [0.5, 0.6) is 0 Å². The van der Waals surface area contributed by atoms with Crippen molar-refractivity contribution in [2.24, 2.45) is 5.92 Å². The second-order valence-corrected chi connectivity index (χ2v) is 6.82. The maximum absolute atomic E-state index is 11.2. The molecule has 3 heterocycles. The van der Waals surface area contributed by atoms with E-state index in [1.165, 1.54) is 4.80 Å². The molecule has 1 N–H and O–H groups in total. The molecule has 1 aromatic carbocycles. The van der Waals surface area contributed by atoms with Gasteiger partial charge in [0.2, 0.25) is 5.95 Å². The fourth-order valence-electron chi connectivity index (χ4n) is 3.25. The van der Waals surface area contributed by atoms with Gasteiger partial charge < -0.3 is 10.0 Å². The van der Waals surface area contributed by atoms with E-state index in [-0.39, 0.29) is 5.92 Å². The molecule has 0 aliphatic carbocycles. The number of aliphatic carboxylic acids is 1. The van der Waals surface area contributed by atoms with E-state index in [0.717, 1.165) is 5.69 Å². The quantitative estimate of drug-likeness (QED) is 0.712. The number of benzene rings is 1. The number of carbonyl (C=O) groups is 1. The van der Waals surface area contributed by atoms with Crippen molar-refractivity contribution in [1.29, 1.82) is 0 Å². The first kappa shape index (κ1) is 17.5. The third kappa shape index (κ3) is 3.63. The first-order valence-corrected chi connectivity index (χ1v) is 9.01. The fraction of sp³-hybridized carbons (Fsp3) is 0.353. The summed E-state index contributed by atoms with van der Waals surface area (Å²) in [7, 11) is 0. The van der Waals surface area contributed by atoms with Crippen molar-refractivity contribution in [3.05, 3.63) is 47.5 Å². The number of carboxylic acid groups (broad SMARTS) is 1. The molecule has 0 amide bonds. The monoisotopic (exact) mass is 387 g/mol. The highest BCUT2D eigenvalue weighted by Crippen LogP contribution is 2.26. The molecule has 27 heavy (non-hydrogen) atoms. The molecule has 1 aliphatic heterocycles. The molecule has 1 fully saturated rings. The Morgan fingerprint density at radius 3 is 2.41 bits per heavy atom. The summed E-state index contributed by atoms with van der Waals surface area (Å²) in [6.07, 6.45) is 4.39. The lowest BCUT2D eigenvalue weighted by atomic mass is 9.97. The average molecular weight is 388 g/mol. The van der Waals surface area contributed by atoms with Crippen LogP contribution in [0.4, 0.5) is 5.95 Å². The Morgan fingerprint density at radius 2 is 1.78 bits per heavy atom. The summed E-state index contributed by atoms with van der Waals surface area (Å²) >= 11 is 6.03. The number of nitrogens with zero attached hydrogens (tertiary/aromatic N) is 7. The summed E-state index contributed by atoms with van der Waals surface area (Å²) in [6.45, 7) is 1.60. The largest absolute Gasteiger partial charge is 0.481 e. The molecule has 1 aliphatic rings. The Morgan fingerprint density at radius 1 is 1.11 bits per heavy atom. The van der Waals surface area contributed by atoms with Crippen LogP contribution in [0, 0.1) is 5.92 Å². The van der Waals surface area contributed by atoms with Gasteiger partial charge in [0, 0.05) is 18.1 Å². The molecule has 0 bridgehead atoms. The van der Waals surface area contributed by atoms with E-state index in [1.54, 1.807) is 12.4 Å². The first-order chi connectivity index (χ1) is 13.1. The van der Waals surface area contributed by atoms with Gasteiger partial charge in [-0.05, 0) is 37.1 Å². The summed E-state index contributed by atoms with van der Waals surface area (Å²) in [6, 6.07) is 7.43. The van der Waals surface area contributed by atoms with Crippen LogP contribution in [0.25, 0.3) is 5.69 Å². The second-order valence-electron chi connectivity index (χ2n) is 6.39. The molecule has 9 nitrogen and oxygen atoms in total. The number of halogens is 1. The lowest BCUT2D eigenvalue weighted by Gasteiger charge is -2.31. The Hall–Kier alpha value is -2.94. The van der Waals surface area contributed by atoms with E-state index in [0.29, 0.717) is 49.3 Å². The zero-order chi connectivity index (χ0) is 18.8. The molecule has 1 saturated heterocycles. The van der Waals surface area contributed by atoms with Gasteiger partial charge in [0.25, 0.3) is 0 Å². The number of hydrogen-bond acceptors (Lipinski definition) is 6. The highest BCUT2D eigenvalue weighted by atomic mass is 35.5. The van der Waals surface area contributed by atoms with Gasteiger partial charge in [0.1, 0.15) is 6.54 Å². The Balaban J connectivity index is 1.68. The number of hydrogen-bond donors (Lipinski definition) is 1. The zero-order valence-corrected chi connectivity index (χ0v) is 15.2. The minimum atomic E-state index is -0.737. The molecule has 0 spiro atoms. The van der Waals surface area contributed by atoms with Crippen molar-refractivity contribution < 1.29 is 9.90 Å². The standard InChI is InChI=1S/C17H18ClN7O2/c18-13-1-3-14(4-2-13)25-15(11-24-19-7-8-20-24)21-22-17(25)23-9-5-12(6-10-23)16(26)27/h1-4,7-8,12H,5-6,9-11H2,(H,26,27). The summed E-state index contributed by atoms with van der Waals surface area (Å²) in [5.74, 6) is 0.326. The molecule has 4 rings (SSSR count).